The monoisotopic (exact) mass is 304 g/mol. The smallest absolute Gasteiger partial charge is 0.146 e. The summed E-state index contributed by atoms with van der Waals surface area (Å²) in [6.45, 7) is 3.42. The molecule has 0 heterocycles. The summed E-state index contributed by atoms with van der Waals surface area (Å²) in [5.41, 5.74) is 0.511. The number of carbonyl (C=O) groups excluding carboxylic acids is 1. The van der Waals surface area contributed by atoms with Gasteiger partial charge in [0.25, 0.3) is 0 Å². The molecule has 94 valence electrons. The van der Waals surface area contributed by atoms with Gasteiger partial charge >= 0.3 is 0 Å². The van der Waals surface area contributed by atoms with Crippen LogP contribution in [0.4, 0.5) is 8.78 Å². The summed E-state index contributed by atoms with van der Waals surface area (Å²) in [4.78, 5) is 11.1. The van der Waals surface area contributed by atoms with Gasteiger partial charge in [0.15, 0.2) is 0 Å². The first-order valence-corrected chi connectivity index (χ1v) is 6.48. The molecule has 1 unspecified atom stereocenters. The lowest BCUT2D eigenvalue weighted by Crippen LogP contribution is -2.17. The number of Topliss-reactive ketones (excluding diaryl/α,β-unsaturated/α-hetero) is 1. The lowest BCUT2D eigenvalue weighted by molar-refractivity contribution is -0.118. The lowest BCUT2D eigenvalue weighted by Gasteiger charge is -2.10. The van der Waals surface area contributed by atoms with Gasteiger partial charge in [-0.05, 0) is 43.0 Å². The Balaban J connectivity index is 2.81. The quantitative estimate of drug-likeness (QED) is 0.753. The molecule has 4 heteroatoms. The van der Waals surface area contributed by atoms with Gasteiger partial charge in [-0.15, -0.1) is 0 Å². The van der Waals surface area contributed by atoms with E-state index in [2.05, 4.69) is 15.9 Å². The Morgan fingerprint density at radius 3 is 2.59 bits per heavy atom. The summed E-state index contributed by atoms with van der Waals surface area (Å²) >= 11 is 3.22. The predicted octanol–water partition coefficient (Wildman–Crippen LogP) is 3.95. The highest BCUT2D eigenvalue weighted by Crippen LogP contribution is 2.19. The molecule has 0 saturated heterocycles. The topological polar surface area (TPSA) is 17.1 Å². The third-order valence-electron chi connectivity index (χ3n) is 2.57. The van der Waals surface area contributed by atoms with Crippen molar-refractivity contribution in [2.45, 2.75) is 37.9 Å². The maximum absolute atomic E-state index is 13.5. The fraction of sp³-hybridized carbons (Fsp3) is 0.462. The minimum absolute atomic E-state index is 0.0212. The second-order valence-corrected chi connectivity index (χ2v) is 5.19. The van der Waals surface area contributed by atoms with E-state index in [1.165, 1.54) is 6.92 Å². The van der Waals surface area contributed by atoms with Crippen LogP contribution in [0.3, 0.4) is 0 Å². The van der Waals surface area contributed by atoms with Crippen molar-refractivity contribution < 1.29 is 13.6 Å². The number of benzene rings is 1. The molecular formula is C13H15BrF2O. The van der Waals surface area contributed by atoms with E-state index < -0.39 is 16.5 Å². The molecule has 0 aliphatic carbocycles. The van der Waals surface area contributed by atoms with E-state index in [4.69, 9.17) is 0 Å². The zero-order valence-corrected chi connectivity index (χ0v) is 11.5. The van der Waals surface area contributed by atoms with Gasteiger partial charge in [-0.2, -0.15) is 0 Å². The molecule has 0 N–H and O–H groups in total. The largest absolute Gasteiger partial charge is 0.298 e. The fourth-order valence-electron chi connectivity index (χ4n) is 1.55. The van der Waals surface area contributed by atoms with E-state index in [-0.39, 0.29) is 23.3 Å². The Morgan fingerprint density at radius 1 is 1.35 bits per heavy atom. The average Bonchev–Trinajstić information content (AvgIpc) is 2.26. The second kappa shape index (κ2) is 6.24. The number of aryl methyl sites for hydroxylation is 1. The summed E-state index contributed by atoms with van der Waals surface area (Å²) < 4.78 is 26.8. The summed E-state index contributed by atoms with van der Waals surface area (Å²) in [5.74, 6) is -0.880. The molecule has 1 aromatic rings. The summed E-state index contributed by atoms with van der Waals surface area (Å²) in [6, 6.07) is 2.33. The van der Waals surface area contributed by atoms with Crippen molar-refractivity contribution in [3.05, 3.63) is 34.9 Å². The molecule has 0 fully saturated rings. The summed E-state index contributed by atoms with van der Waals surface area (Å²) in [6.07, 6.45) is 1.39. The van der Waals surface area contributed by atoms with Gasteiger partial charge in [0, 0.05) is 6.42 Å². The van der Waals surface area contributed by atoms with E-state index in [0.717, 1.165) is 18.6 Å². The van der Waals surface area contributed by atoms with Crippen LogP contribution in [0.25, 0.3) is 0 Å². The minimum atomic E-state index is -0.461. The van der Waals surface area contributed by atoms with Crippen LogP contribution in [-0.4, -0.2) is 10.6 Å². The SMILES string of the molecule is CCCC(=O)C(Br)Cc1cc(F)c(C)cc1F. The Hall–Kier alpha value is -0.770. The molecule has 0 aliphatic heterocycles. The van der Waals surface area contributed by atoms with Crippen molar-refractivity contribution in [2.75, 3.05) is 0 Å². The molecule has 1 rings (SSSR count). The zero-order chi connectivity index (χ0) is 13.0. The maximum Gasteiger partial charge on any atom is 0.146 e. The zero-order valence-electron chi connectivity index (χ0n) is 9.90. The van der Waals surface area contributed by atoms with Crippen LogP contribution in [0.1, 0.15) is 30.9 Å². The number of rotatable bonds is 5. The normalized spacial score (nSPS) is 12.5. The Labute approximate surface area is 108 Å². The van der Waals surface area contributed by atoms with Crippen LogP contribution in [0.15, 0.2) is 12.1 Å². The van der Waals surface area contributed by atoms with Gasteiger partial charge in [0.05, 0.1) is 4.83 Å². The van der Waals surface area contributed by atoms with Crippen molar-refractivity contribution >= 4 is 21.7 Å². The third kappa shape index (κ3) is 3.87. The standard InChI is InChI=1S/C13H15BrF2O/c1-3-4-13(17)10(14)6-9-7-11(15)8(2)5-12(9)16/h5,7,10H,3-4,6H2,1-2H3. The molecule has 0 saturated carbocycles. The average molecular weight is 305 g/mol. The molecule has 1 aromatic carbocycles. The maximum atomic E-state index is 13.5. The predicted molar refractivity (Wildman–Crippen MR) is 67.4 cm³/mol. The molecule has 17 heavy (non-hydrogen) atoms. The highest BCUT2D eigenvalue weighted by Gasteiger charge is 2.17. The van der Waals surface area contributed by atoms with Crippen LogP contribution in [0, 0.1) is 18.6 Å². The highest BCUT2D eigenvalue weighted by atomic mass is 79.9. The van der Waals surface area contributed by atoms with Crippen molar-refractivity contribution in [3.8, 4) is 0 Å². The Kier molecular flexibility index (Phi) is 5.25. The molecule has 0 spiro atoms. The Morgan fingerprint density at radius 2 is 2.00 bits per heavy atom. The number of ketones is 1. The molecule has 0 aliphatic rings. The van der Waals surface area contributed by atoms with E-state index in [1.54, 1.807) is 0 Å². The molecule has 0 bridgehead atoms. The fourth-order valence-corrected chi connectivity index (χ4v) is 2.13. The molecular weight excluding hydrogens is 290 g/mol. The van der Waals surface area contributed by atoms with E-state index in [1.807, 2.05) is 6.92 Å². The number of halogens is 3. The molecule has 1 nitrogen and oxygen atoms in total. The van der Waals surface area contributed by atoms with Gasteiger partial charge in [-0.25, -0.2) is 8.78 Å². The highest BCUT2D eigenvalue weighted by molar-refractivity contribution is 9.10. The number of alkyl halides is 1. The van der Waals surface area contributed by atoms with Crippen LogP contribution in [0.5, 0.6) is 0 Å². The second-order valence-electron chi connectivity index (χ2n) is 4.08. The van der Waals surface area contributed by atoms with Gasteiger partial charge in [-0.1, -0.05) is 22.9 Å². The Bertz CT molecular complexity index is 418. The van der Waals surface area contributed by atoms with Crippen molar-refractivity contribution in [3.63, 3.8) is 0 Å². The summed E-state index contributed by atoms with van der Waals surface area (Å²) in [7, 11) is 0. The van der Waals surface area contributed by atoms with Crippen LogP contribution >= 0.6 is 15.9 Å². The van der Waals surface area contributed by atoms with Crippen LogP contribution in [0.2, 0.25) is 0 Å². The van der Waals surface area contributed by atoms with Gasteiger partial charge in [0.2, 0.25) is 0 Å². The van der Waals surface area contributed by atoms with Crippen LogP contribution < -0.4 is 0 Å². The van der Waals surface area contributed by atoms with Crippen molar-refractivity contribution in [1.82, 2.24) is 0 Å². The minimum Gasteiger partial charge on any atom is -0.298 e. The first kappa shape index (κ1) is 14.3. The van der Waals surface area contributed by atoms with E-state index in [9.17, 15) is 13.6 Å². The molecule has 0 aromatic heterocycles. The number of hydrogen-bond donors (Lipinski definition) is 0. The first-order chi connectivity index (χ1) is 7.95. The van der Waals surface area contributed by atoms with E-state index in [0.29, 0.717) is 6.42 Å². The molecule has 0 amide bonds. The summed E-state index contributed by atoms with van der Waals surface area (Å²) in [5, 5.41) is 0. The van der Waals surface area contributed by atoms with Crippen molar-refractivity contribution in [1.29, 1.82) is 0 Å². The van der Waals surface area contributed by atoms with Gasteiger partial charge in [-0.3, -0.25) is 4.79 Å². The first-order valence-electron chi connectivity index (χ1n) is 5.57. The van der Waals surface area contributed by atoms with Crippen molar-refractivity contribution in [2.24, 2.45) is 0 Å². The van der Waals surface area contributed by atoms with Gasteiger partial charge in [0.1, 0.15) is 17.4 Å². The number of hydrogen-bond acceptors (Lipinski definition) is 1. The van der Waals surface area contributed by atoms with E-state index >= 15 is 0 Å². The molecule has 0 radical (unpaired) electrons. The van der Waals surface area contributed by atoms with Gasteiger partial charge < -0.3 is 0 Å². The molecule has 1 atom stereocenters. The lowest BCUT2D eigenvalue weighted by atomic mass is 10.0. The van der Waals surface area contributed by atoms with Crippen LogP contribution in [-0.2, 0) is 11.2 Å². The third-order valence-corrected chi connectivity index (χ3v) is 3.41. The number of carbonyl (C=O) groups is 1.